The molecule has 0 aromatic carbocycles. The molecule has 0 aliphatic heterocycles. The van der Waals surface area contributed by atoms with Crippen LogP contribution in [-0.4, -0.2) is 30.1 Å². The largest absolute Gasteiger partial charge is 0.351 e. The molecule has 5 heteroatoms. The Morgan fingerprint density at radius 2 is 1.17 bits per heavy atom. The van der Waals surface area contributed by atoms with Crippen LogP contribution >= 0.6 is 0 Å². The first kappa shape index (κ1) is 21.7. The van der Waals surface area contributed by atoms with Crippen LogP contribution in [0.15, 0.2) is 0 Å². The lowest BCUT2D eigenvalue weighted by atomic mass is 9.77. The molecule has 0 radical (unpaired) electrons. The van der Waals surface area contributed by atoms with E-state index in [1.807, 2.05) is 27.7 Å². The molecule has 0 aliphatic carbocycles. The van der Waals surface area contributed by atoms with Gasteiger partial charge in [0.2, 0.25) is 5.91 Å². The fraction of sp³-hybridized carbons (Fsp3) is 0.889. The summed E-state index contributed by atoms with van der Waals surface area (Å²) in [6, 6.07) is -0.237. The molecular weight excluding hydrogens is 290 g/mol. The van der Waals surface area contributed by atoms with Gasteiger partial charge in [-0.2, -0.15) is 0 Å². The van der Waals surface area contributed by atoms with Gasteiger partial charge in [0.1, 0.15) is 0 Å². The average molecular weight is 328 g/mol. The third kappa shape index (κ3) is 8.82. The Hall–Kier alpha value is -1.26. The molecule has 0 unspecified atom stereocenters. The maximum Gasteiger partial charge on any atom is 0.314 e. The first-order valence-electron chi connectivity index (χ1n) is 8.32. The van der Waals surface area contributed by atoms with Crippen molar-refractivity contribution < 1.29 is 9.59 Å². The standard InChI is InChI=1S/C18H37N3O2/c1-15(2,3)11-17(6,7)20-13(22)16(4,5)12-18(8,9)21-14(23)19-10/h11-12H2,1-10H3,(H,20,22)(H2,19,21,23). The summed E-state index contributed by atoms with van der Waals surface area (Å²) in [5, 5.41) is 8.61. The van der Waals surface area contributed by atoms with E-state index in [2.05, 4.69) is 50.6 Å². The number of carbonyl (C=O) groups excluding carboxylic acids is 2. The third-order valence-corrected chi connectivity index (χ3v) is 3.60. The molecule has 136 valence electrons. The number of urea groups is 1. The van der Waals surface area contributed by atoms with Crippen LogP contribution in [0.3, 0.4) is 0 Å². The van der Waals surface area contributed by atoms with Gasteiger partial charge in [-0.15, -0.1) is 0 Å². The molecule has 23 heavy (non-hydrogen) atoms. The van der Waals surface area contributed by atoms with Gasteiger partial charge in [-0.1, -0.05) is 34.6 Å². The molecule has 0 aliphatic rings. The lowest BCUT2D eigenvalue weighted by molar-refractivity contribution is -0.132. The van der Waals surface area contributed by atoms with Gasteiger partial charge in [0.05, 0.1) is 0 Å². The number of hydrogen-bond acceptors (Lipinski definition) is 2. The zero-order chi connectivity index (χ0) is 18.7. The van der Waals surface area contributed by atoms with E-state index in [-0.39, 0.29) is 22.9 Å². The molecule has 0 rings (SSSR count). The Bertz CT molecular complexity index is 432. The van der Waals surface area contributed by atoms with Gasteiger partial charge in [-0.3, -0.25) is 4.79 Å². The highest BCUT2D eigenvalue weighted by Gasteiger charge is 2.38. The maximum absolute atomic E-state index is 12.8. The molecule has 5 nitrogen and oxygen atoms in total. The van der Waals surface area contributed by atoms with Gasteiger partial charge in [0.15, 0.2) is 0 Å². The lowest BCUT2D eigenvalue weighted by Gasteiger charge is -2.39. The van der Waals surface area contributed by atoms with E-state index in [9.17, 15) is 9.59 Å². The first-order chi connectivity index (χ1) is 10.00. The van der Waals surface area contributed by atoms with Gasteiger partial charge < -0.3 is 16.0 Å². The summed E-state index contributed by atoms with van der Waals surface area (Å²) in [6.45, 7) is 18.3. The average Bonchev–Trinajstić information content (AvgIpc) is 2.21. The van der Waals surface area contributed by atoms with Crippen LogP contribution in [0.2, 0.25) is 0 Å². The van der Waals surface area contributed by atoms with Gasteiger partial charge in [-0.05, 0) is 46.0 Å². The highest BCUT2D eigenvalue weighted by Crippen LogP contribution is 2.31. The van der Waals surface area contributed by atoms with Crippen molar-refractivity contribution in [3.8, 4) is 0 Å². The molecule has 0 bridgehead atoms. The summed E-state index contributed by atoms with van der Waals surface area (Å²) in [5.41, 5.74) is -1.19. The molecule has 0 saturated carbocycles. The van der Waals surface area contributed by atoms with Crippen molar-refractivity contribution in [3.63, 3.8) is 0 Å². The smallest absolute Gasteiger partial charge is 0.314 e. The Kier molecular flexibility index (Phi) is 6.71. The molecule has 0 spiro atoms. The summed E-state index contributed by atoms with van der Waals surface area (Å²) in [4.78, 5) is 24.3. The maximum atomic E-state index is 12.8. The van der Waals surface area contributed by atoms with E-state index in [1.54, 1.807) is 7.05 Å². The minimum absolute atomic E-state index is 0.0125. The summed E-state index contributed by atoms with van der Waals surface area (Å²) < 4.78 is 0. The Morgan fingerprint density at radius 1 is 0.739 bits per heavy atom. The van der Waals surface area contributed by atoms with Crippen LogP contribution in [-0.2, 0) is 4.79 Å². The Balaban J connectivity index is 4.93. The highest BCUT2D eigenvalue weighted by atomic mass is 16.2. The van der Waals surface area contributed by atoms with E-state index >= 15 is 0 Å². The second kappa shape index (κ2) is 7.10. The molecule has 0 atom stereocenters. The van der Waals surface area contributed by atoms with Crippen LogP contribution in [0.25, 0.3) is 0 Å². The fourth-order valence-electron chi connectivity index (χ4n) is 3.45. The van der Waals surface area contributed by atoms with Crippen molar-refractivity contribution in [3.05, 3.63) is 0 Å². The molecule has 0 saturated heterocycles. The summed E-state index contributed by atoms with van der Waals surface area (Å²) in [7, 11) is 1.58. The molecule has 0 heterocycles. The van der Waals surface area contributed by atoms with Gasteiger partial charge >= 0.3 is 6.03 Å². The van der Waals surface area contributed by atoms with Crippen molar-refractivity contribution >= 4 is 11.9 Å². The number of amides is 3. The number of nitrogens with one attached hydrogen (secondary N) is 3. The molecular formula is C18H37N3O2. The van der Waals surface area contributed by atoms with Crippen molar-refractivity contribution in [2.75, 3.05) is 7.05 Å². The predicted octanol–water partition coefficient (Wildman–Crippen LogP) is 3.44. The minimum Gasteiger partial charge on any atom is -0.351 e. The predicted molar refractivity (Wildman–Crippen MR) is 96.4 cm³/mol. The van der Waals surface area contributed by atoms with Crippen LogP contribution in [0.1, 0.15) is 75.2 Å². The molecule has 3 amide bonds. The summed E-state index contributed by atoms with van der Waals surface area (Å²) in [5.74, 6) is 0.0125. The first-order valence-corrected chi connectivity index (χ1v) is 8.32. The second-order valence-corrected chi connectivity index (χ2v) is 9.72. The molecule has 0 aromatic heterocycles. The van der Waals surface area contributed by atoms with Crippen LogP contribution in [0.4, 0.5) is 4.79 Å². The number of carbonyl (C=O) groups is 2. The fourth-order valence-corrected chi connectivity index (χ4v) is 3.45. The Morgan fingerprint density at radius 3 is 1.57 bits per heavy atom. The molecule has 0 fully saturated rings. The van der Waals surface area contributed by atoms with Crippen LogP contribution in [0.5, 0.6) is 0 Å². The van der Waals surface area contributed by atoms with Gasteiger partial charge in [-0.25, -0.2) is 4.79 Å². The minimum atomic E-state index is -0.584. The SMILES string of the molecule is CNC(=O)NC(C)(C)CC(C)(C)C(=O)NC(C)(C)CC(C)(C)C. The van der Waals surface area contributed by atoms with Crippen molar-refractivity contribution in [1.29, 1.82) is 0 Å². The van der Waals surface area contributed by atoms with E-state index in [0.717, 1.165) is 6.42 Å². The van der Waals surface area contributed by atoms with E-state index in [0.29, 0.717) is 6.42 Å². The lowest BCUT2D eigenvalue weighted by Crippen LogP contribution is -2.55. The van der Waals surface area contributed by atoms with Gasteiger partial charge in [0, 0.05) is 23.5 Å². The van der Waals surface area contributed by atoms with Crippen molar-refractivity contribution in [1.82, 2.24) is 16.0 Å². The van der Waals surface area contributed by atoms with Crippen molar-refractivity contribution in [2.24, 2.45) is 10.8 Å². The number of rotatable bonds is 6. The van der Waals surface area contributed by atoms with E-state index in [1.165, 1.54) is 0 Å². The van der Waals surface area contributed by atoms with E-state index in [4.69, 9.17) is 0 Å². The molecule has 3 N–H and O–H groups in total. The van der Waals surface area contributed by atoms with Crippen LogP contribution < -0.4 is 16.0 Å². The zero-order valence-corrected chi connectivity index (χ0v) is 16.7. The quantitative estimate of drug-likeness (QED) is 0.699. The van der Waals surface area contributed by atoms with Crippen molar-refractivity contribution in [2.45, 2.75) is 86.2 Å². The highest BCUT2D eigenvalue weighted by molar-refractivity contribution is 5.82. The monoisotopic (exact) mass is 327 g/mol. The summed E-state index contributed by atoms with van der Waals surface area (Å²) >= 11 is 0. The van der Waals surface area contributed by atoms with Gasteiger partial charge in [0.25, 0.3) is 0 Å². The second-order valence-electron chi connectivity index (χ2n) is 9.72. The topological polar surface area (TPSA) is 70.2 Å². The molecule has 0 aromatic rings. The summed E-state index contributed by atoms with van der Waals surface area (Å²) in [6.07, 6.45) is 1.44. The van der Waals surface area contributed by atoms with Crippen LogP contribution in [0, 0.1) is 10.8 Å². The Labute approximate surface area is 142 Å². The normalized spacial score (nSPS) is 13.5. The van der Waals surface area contributed by atoms with E-state index < -0.39 is 11.0 Å². The zero-order valence-electron chi connectivity index (χ0n) is 16.7. The number of hydrogen-bond donors (Lipinski definition) is 3. The third-order valence-electron chi connectivity index (χ3n) is 3.60.